The first kappa shape index (κ1) is 17.5. The standard InChI is InChI=1S/C14H13FN4O4S/c1-9(10-3-2-4-11(15)7-10)17-18-13-6-5-12(24(16,22)23)8-14(13)19(20)21/h2-8,18H,1H3,(H2,16,22,23)/b17-9+. The molecule has 126 valence electrons. The van der Waals surface area contributed by atoms with Gasteiger partial charge in [-0.15, -0.1) is 0 Å². The van der Waals surface area contributed by atoms with Crippen LogP contribution in [-0.2, 0) is 10.0 Å². The Hall–Kier alpha value is -2.85. The summed E-state index contributed by atoms with van der Waals surface area (Å²) in [5.74, 6) is -0.439. The summed E-state index contributed by atoms with van der Waals surface area (Å²) >= 11 is 0. The maximum absolute atomic E-state index is 13.2. The summed E-state index contributed by atoms with van der Waals surface area (Å²) in [6.07, 6.45) is 0. The molecule has 0 aromatic heterocycles. The molecule has 3 N–H and O–H groups in total. The quantitative estimate of drug-likeness (QED) is 0.484. The third-order valence-electron chi connectivity index (χ3n) is 3.08. The third kappa shape index (κ3) is 4.12. The van der Waals surface area contributed by atoms with Crippen LogP contribution in [0.2, 0.25) is 0 Å². The highest BCUT2D eigenvalue weighted by Crippen LogP contribution is 2.27. The van der Waals surface area contributed by atoms with Crippen LogP contribution in [0.15, 0.2) is 52.5 Å². The van der Waals surface area contributed by atoms with Crippen LogP contribution in [0.25, 0.3) is 0 Å². The number of benzene rings is 2. The summed E-state index contributed by atoms with van der Waals surface area (Å²) in [5.41, 5.74) is 2.83. The fourth-order valence-corrected chi connectivity index (χ4v) is 2.39. The molecular weight excluding hydrogens is 339 g/mol. The van der Waals surface area contributed by atoms with Crippen LogP contribution in [0.4, 0.5) is 15.8 Å². The summed E-state index contributed by atoms with van der Waals surface area (Å²) in [4.78, 5) is 9.95. The van der Waals surface area contributed by atoms with Gasteiger partial charge in [0, 0.05) is 11.6 Å². The minimum Gasteiger partial charge on any atom is -0.271 e. The Morgan fingerprint density at radius 2 is 2.00 bits per heavy atom. The molecule has 0 saturated carbocycles. The second kappa shape index (κ2) is 6.72. The number of nitrogens with one attached hydrogen (secondary N) is 1. The van der Waals surface area contributed by atoms with Crippen molar-refractivity contribution in [1.82, 2.24) is 0 Å². The predicted octanol–water partition coefficient (Wildman–Crippen LogP) is 2.22. The Kier molecular flexibility index (Phi) is 4.90. The lowest BCUT2D eigenvalue weighted by atomic mass is 10.1. The molecule has 0 fully saturated rings. The van der Waals surface area contributed by atoms with Crippen molar-refractivity contribution in [2.45, 2.75) is 11.8 Å². The highest BCUT2D eigenvalue weighted by Gasteiger charge is 2.19. The third-order valence-corrected chi connectivity index (χ3v) is 3.99. The predicted molar refractivity (Wildman–Crippen MR) is 86.7 cm³/mol. The lowest BCUT2D eigenvalue weighted by Crippen LogP contribution is -2.12. The van der Waals surface area contributed by atoms with E-state index in [2.05, 4.69) is 10.5 Å². The van der Waals surface area contributed by atoms with E-state index < -0.39 is 26.5 Å². The van der Waals surface area contributed by atoms with E-state index in [-0.39, 0.29) is 10.6 Å². The van der Waals surface area contributed by atoms with Crippen LogP contribution >= 0.6 is 0 Å². The van der Waals surface area contributed by atoms with Gasteiger partial charge in [-0.2, -0.15) is 5.10 Å². The Balaban J connectivity index is 2.36. The van der Waals surface area contributed by atoms with Gasteiger partial charge in [0.25, 0.3) is 5.69 Å². The molecule has 0 saturated heterocycles. The molecule has 2 aromatic rings. The van der Waals surface area contributed by atoms with Crippen molar-refractivity contribution in [3.8, 4) is 0 Å². The molecular formula is C14H13FN4O4S. The van der Waals surface area contributed by atoms with Crippen molar-refractivity contribution in [2.24, 2.45) is 10.2 Å². The number of sulfonamides is 1. The molecule has 0 radical (unpaired) electrons. The number of halogens is 1. The number of hydrogen-bond acceptors (Lipinski definition) is 6. The van der Waals surface area contributed by atoms with Crippen molar-refractivity contribution >= 4 is 27.1 Å². The zero-order valence-corrected chi connectivity index (χ0v) is 13.2. The molecule has 0 aliphatic rings. The summed E-state index contributed by atoms with van der Waals surface area (Å²) in [6, 6.07) is 8.82. The minimum absolute atomic E-state index is 0.0249. The molecule has 0 heterocycles. The van der Waals surface area contributed by atoms with Gasteiger partial charge in [0.15, 0.2) is 0 Å². The first-order chi connectivity index (χ1) is 11.2. The summed E-state index contributed by atoms with van der Waals surface area (Å²) in [7, 11) is -4.06. The average molecular weight is 352 g/mol. The first-order valence-corrected chi connectivity index (χ1v) is 8.10. The van der Waals surface area contributed by atoms with Gasteiger partial charge in [-0.3, -0.25) is 15.5 Å². The summed E-state index contributed by atoms with van der Waals surface area (Å²) in [6.45, 7) is 1.59. The van der Waals surface area contributed by atoms with E-state index in [1.807, 2.05) is 0 Å². The van der Waals surface area contributed by atoms with Crippen molar-refractivity contribution in [3.63, 3.8) is 0 Å². The number of hydrogen-bond donors (Lipinski definition) is 2. The molecule has 0 unspecified atom stereocenters. The number of primary sulfonamides is 1. The maximum atomic E-state index is 13.2. The zero-order valence-electron chi connectivity index (χ0n) is 12.4. The Bertz CT molecular complexity index is 928. The van der Waals surface area contributed by atoms with Crippen LogP contribution in [0.1, 0.15) is 12.5 Å². The van der Waals surface area contributed by atoms with Gasteiger partial charge in [0.1, 0.15) is 11.5 Å². The SMILES string of the molecule is C/C(=N\Nc1ccc(S(N)(=O)=O)cc1[N+](=O)[O-])c1cccc(F)c1. The van der Waals surface area contributed by atoms with Gasteiger partial charge in [0.05, 0.1) is 15.5 Å². The maximum Gasteiger partial charge on any atom is 0.295 e. The lowest BCUT2D eigenvalue weighted by molar-refractivity contribution is -0.384. The van der Waals surface area contributed by atoms with Gasteiger partial charge < -0.3 is 0 Å². The van der Waals surface area contributed by atoms with E-state index in [1.54, 1.807) is 13.0 Å². The molecule has 0 spiro atoms. The molecule has 2 rings (SSSR count). The van der Waals surface area contributed by atoms with Crippen molar-refractivity contribution in [1.29, 1.82) is 0 Å². The monoisotopic (exact) mass is 352 g/mol. The van der Waals surface area contributed by atoms with E-state index in [1.165, 1.54) is 24.3 Å². The number of nitrogens with two attached hydrogens (primary N) is 1. The Labute approximate surface area is 137 Å². The first-order valence-electron chi connectivity index (χ1n) is 6.56. The van der Waals surface area contributed by atoms with Crippen LogP contribution < -0.4 is 10.6 Å². The van der Waals surface area contributed by atoms with Crippen molar-refractivity contribution in [3.05, 3.63) is 64.0 Å². The van der Waals surface area contributed by atoms with Crippen molar-refractivity contribution in [2.75, 3.05) is 5.43 Å². The van der Waals surface area contributed by atoms with E-state index in [0.29, 0.717) is 11.3 Å². The topological polar surface area (TPSA) is 128 Å². The normalized spacial score (nSPS) is 12.0. The molecule has 10 heteroatoms. The average Bonchev–Trinajstić information content (AvgIpc) is 2.51. The molecule has 0 aliphatic heterocycles. The fraction of sp³-hybridized carbons (Fsp3) is 0.0714. The molecule has 0 bridgehead atoms. The van der Waals surface area contributed by atoms with E-state index >= 15 is 0 Å². The molecule has 2 aromatic carbocycles. The fourth-order valence-electron chi connectivity index (χ4n) is 1.86. The number of nitro groups is 1. The van der Waals surface area contributed by atoms with Gasteiger partial charge in [-0.25, -0.2) is 17.9 Å². The van der Waals surface area contributed by atoms with E-state index in [0.717, 1.165) is 12.1 Å². The van der Waals surface area contributed by atoms with Crippen LogP contribution in [0.5, 0.6) is 0 Å². The van der Waals surface area contributed by atoms with E-state index in [9.17, 15) is 22.9 Å². The molecule has 0 amide bonds. The molecule has 8 nitrogen and oxygen atoms in total. The second-order valence-corrected chi connectivity index (χ2v) is 6.36. The highest BCUT2D eigenvalue weighted by atomic mass is 32.2. The Morgan fingerprint density at radius 1 is 1.29 bits per heavy atom. The van der Waals surface area contributed by atoms with Crippen LogP contribution in [0, 0.1) is 15.9 Å². The summed E-state index contributed by atoms with van der Waals surface area (Å²) in [5, 5.41) is 20.0. The highest BCUT2D eigenvalue weighted by molar-refractivity contribution is 7.89. The number of anilines is 1. The smallest absolute Gasteiger partial charge is 0.271 e. The summed E-state index contributed by atoms with van der Waals surface area (Å²) < 4.78 is 35.7. The van der Waals surface area contributed by atoms with Crippen LogP contribution in [-0.4, -0.2) is 19.1 Å². The second-order valence-electron chi connectivity index (χ2n) is 4.80. The van der Waals surface area contributed by atoms with E-state index in [4.69, 9.17) is 5.14 Å². The van der Waals surface area contributed by atoms with Gasteiger partial charge >= 0.3 is 0 Å². The number of hydrazone groups is 1. The molecule has 0 atom stereocenters. The zero-order chi connectivity index (χ0) is 17.9. The number of rotatable bonds is 5. The van der Waals surface area contributed by atoms with Crippen molar-refractivity contribution < 1.29 is 17.7 Å². The van der Waals surface area contributed by atoms with Crippen LogP contribution in [0.3, 0.4) is 0 Å². The molecule has 24 heavy (non-hydrogen) atoms. The Morgan fingerprint density at radius 3 is 2.58 bits per heavy atom. The minimum atomic E-state index is -4.06. The lowest BCUT2D eigenvalue weighted by Gasteiger charge is -2.06. The molecule has 0 aliphatic carbocycles. The largest absolute Gasteiger partial charge is 0.295 e. The van der Waals surface area contributed by atoms with Gasteiger partial charge in [-0.1, -0.05) is 12.1 Å². The number of nitrogens with zero attached hydrogens (tertiary/aromatic N) is 2. The number of nitro benzene ring substituents is 1. The van der Waals surface area contributed by atoms with Gasteiger partial charge in [-0.05, 0) is 31.2 Å². The van der Waals surface area contributed by atoms with Gasteiger partial charge in [0.2, 0.25) is 10.0 Å².